The van der Waals surface area contributed by atoms with Crippen LogP contribution in [-0.4, -0.2) is 24.5 Å². The molecule has 1 amide bonds. The monoisotopic (exact) mass is 243 g/mol. The molecule has 0 unspecified atom stereocenters. The summed E-state index contributed by atoms with van der Waals surface area (Å²) in [6.45, 7) is 1.34. The van der Waals surface area contributed by atoms with Crippen LogP contribution in [0.4, 0.5) is 0 Å². The zero-order valence-corrected chi connectivity index (χ0v) is 10.4. The number of carbonyl (C=O) groups excluding carboxylic acids is 1. The molecule has 1 aromatic carbocycles. The summed E-state index contributed by atoms with van der Waals surface area (Å²) in [4.78, 5) is 15.6. The highest BCUT2D eigenvalue weighted by Gasteiger charge is 1.99. The normalized spacial score (nSPS) is 10.5. The van der Waals surface area contributed by atoms with E-state index in [2.05, 4.69) is 21.7 Å². The van der Waals surface area contributed by atoms with Crippen LogP contribution < -0.4 is 10.6 Å². The predicted molar refractivity (Wildman–Crippen MR) is 72.1 cm³/mol. The zero-order chi connectivity index (χ0) is 12.8. The highest BCUT2D eigenvalue weighted by Crippen LogP contribution is 2.11. The molecule has 0 saturated heterocycles. The number of hydrogen-bond acceptors (Lipinski definition) is 3. The molecule has 0 atom stereocenters. The van der Waals surface area contributed by atoms with Crippen LogP contribution in [0.2, 0.25) is 0 Å². The Morgan fingerprint density at radius 2 is 2.06 bits per heavy atom. The number of nitrogens with one attached hydrogen (secondary N) is 2. The number of fused-ring (bicyclic) bond motifs is 1. The fourth-order valence-corrected chi connectivity index (χ4v) is 1.75. The summed E-state index contributed by atoms with van der Waals surface area (Å²) in [6, 6.07) is 12.1. The third-order valence-corrected chi connectivity index (χ3v) is 2.77. The molecular weight excluding hydrogens is 226 g/mol. The van der Waals surface area contributed by atoms with Crippen LogP contribution in [0.1, 0.15) is 12.1 Å². The van der Waals surface area contributed by atoms with Gasteiger partial charge in [0.05, 0.1) is 11.2 Å². The van der Waals surface area contributed by atoms with Gasteiger partial charge in [0.25, 0.3) is 0 Å². The molecule has 4 nitrogen and oxygen atoms in total. The molecule has 4 heteroatoms. The number of hydrogen-bond donors (Lipinski definition) is 2. The van der Waals surface area contributed by atoms with E-state index in [0.717, 1.165) is 16.6 Å². The van der Waals surface area contributed by atoms with Crippen LogP contribution in [0.3, 0.4) is 0 Å². The number of nitrogens with zero attached hydrogens (tertiary/aromatic N) is 1. The Balaban J connectivity index is 1.90. The van der Waals surface area contributed by atoms with E-state index in [1.165, 1.54) is 0 Å². The van der Waals surface area contributed by atoms with Gasteiger partial charge in [0.15, 0.2) is 0 Å². The van der Waals surface area contributed by atoms with Crippen molar-refractivity contribution in [3.05, 3.63) is 42.1 Å². The summed E-state index contributed by atoms with van der Waals surface area (Å²) in [5, 5.41) is 6.95. The minimum absolute atomic E-state index is 0.0500. The Labute approximate surface area is 106 Å². The molecule has 0 fully saturated rings. The number of pyridine rings is 1. The first-order chi connectivity index (χ1) is 8.79. The lowest BCUT2D eigenvalue weighted by molar-refractivity contribution is -0.120. The standard InChI is InChI=1S/C14H17N3O/c1-15-14(18)8-9-16-10-12-7-6-11-4-2-3-5-13(11)17-12/h2-7,16H,8-10H2,1H3,(H,15,18). The fraction of sp³-hybridized carbons (Fsp3) is 0.286. The molecule has 0 bridgehead atoms. The first kappa shape index (κ1) is 12.5. The molecule has 94 valence electrons. The van der Waals surface area contributed by atoms with Gasteiger partial charge in [-0.2, -0.15) is 0 Å². The van der Waals surface area contributed by atoms with Crippen molar-refractivity contribution in [1.29, 1.82) is 0 Å². The Bertz CT molecular complexity index is 539. The molecule has 0 radical (unpaired) electrons. The van der Waals surface area contributed by atoms with Crippen molar-refractivity contribution in [3.63, 3.8) is 0 Å². The number of benzene rings is 1. The quantitative estimate of drug-likeness (QED) is 0.782. The topological polar surface area (TPSA) is 54.0 Å². The second-order valence-corrected chi connectivity index (χ2v) is 4.10. The van der Waals surface area contributed by atoms with Crippen LogP contribution in [0.15, 0.2) is 36.4 Å². The number of aromatic nitrogens is 1. The summed E-state index contributed by atoms with van der Waals surface area (Å²) in [6.07, 6.45) is 0.490. The van der Waals surface area contributed by atoms with E-state index in [1.807, 2.05) is 30.3 Å². The van der Waals surface area contributed by atoms with Gasteiger partial charge < -0.3 is 10.6 Å². The van der Waals surface area contributed by atoms with Gasteiger partial charge in [0.2, 0.25) is 5.91 Å². The number of carbonyl (C=O) groups is 1. The Kier molecular flexibility index (Phi) is 4.25. The highest BCUT2D eigenvalue weighted by molar-refractivity contribution is 5.78. The van der Waals surface area contributed by atoms with Crippen molar-refractivity contribution in [2.24, 2.45) is 0 Å². The summed E-state index contributed by atoms with van der Waals surface area (Å²) in [7, 11) is 1.65. The fourth-order valence-electron chi connectivity index (χ4n) is 1.75. The number of para-hydroxylation sites is 1. The van der Waals surface area contributed by atoms with Crippen LogP contribution >= 0.6 is 0 Å². The lowest BCUT2D eigenvalue weighted by Crippen LogP contribution is -2.24. The maximum Gasteiger partial charge on any atom is 0.221 e. The van der Waals surface area contributed by atoms with Crippen molar-refractivity contribution in [1.82, 2.24) is 15.6 Å². The maximum atomic E-state index is 11.0. The molecule has 0 aliphatic heterocycles. The molecule has 0 aliphatic carbocycles. The molecule has 1 aromatic heterocycles. The van der Waals surface area contributed by atoms with Crippen LogP contribution in [0.5, 0.6) is 0 Å². The number of rotatable bonds is 5. The largest absolute Gasteiger partial charge is 0.359 e. The van der Waals surface area contributed by atoms with E-state index in [4.69, 9.17) is 0 Å². The maximum absolute atomic E-state index is 11.0. The van der Waals surface area contributed by atoms with Crippen LogP contribution in [0, 0.1) is 0 Å². The minimum Gasteiger partial charge on any atom is -0.359 e. The number of amides is 1. The van der Waals surface area contributed by atoms with E-state index in [1.54, 1.807) is 7.05 Å². The van der Waals surface area contributed by atoms with Crippen molar-refractivity contribution in [2.45, 2.75) is 13.0 Å². The predicted octanol–water partition coefficient (Wildman–Crippen LogP) is 1.46. The first-order valence-electron chi connectivity index (χ1n) is 6.05. The molecule has 1 heterocycles. The van der Waals surface area contributed by atoms with Crippen molar-refractivity contribution in [3.8, 4) is 0 Å². The highest BCUT2D eigenvalue weighted by atomic mass is 16.1. The van der Waals surface area contributed by atoms with Crippen molar-refractivity contribution in [2.75, 3.05) is 13.6 Å². The van der Waals surface area contributed by atoms with Gasteiger partial charge in [-0.25, -0.2) is 0 Å². The second-order valence-electron chi connectivity index (χ2n) is 4.10. The molecule has 0 spiro atoms. The van der Waals surface area contributed by atoms with Crippen LogP contribution in [-0.2, 0) is 11.3 Å². The summed E-state index contributed by atoms with van der Waals surface area (Å²) in [5.41, 5.74) is 1.99. The Morgan fingerprint density at radius 1 is 1.22 bits per heavy atom. The van der Waals surface area contributed by atoms with E-state index < -0.39 is 0 Å². The average Bonchev–Trinajstić information content (AvgIpc) is 2.43. The van der Waals surface area contributed by atoms with Gasteiger partial charge in [0.1, 0.15) is 0 Å². The van der Waals surface area contributed by atoms with E-state index in [9.17, 15) is 4.79 Å². The van der Waals surface area contributed by atoms with Gasteiger partial charge in [-0.15, -0.1) is 0 Å². The Morgan fingerprint density at radius 3 is 2.89 bits per heavy atom. The Hall–Kier alpha value is -1.94. The second kappa shape index (κ2) is 6.12. The van der Waals surface area contributed by atoms with Gasteiger partial charge in [-0.1, -0.05) is 24.3 Å². The van der Waals surface area contributed by atoms with E-state index in [-0.39, 0.29) is 5.91 Å². The molecule has 0 saturated carbocycles. The molecule has 2 aromatic rings. The van der Waals surface area contributed by atoms with Gasteiger partial charge in [-0.05, 0) is 12.1 Å². The van der Waals surface area contributed by atoms with E-state index in [0.29, 0.717) is 19.5 Å². The van der Waals surface area contributed by atoms with Crippen molar-refractivity contribution >= 4 is 16.8 Å². The lowest BCUT2D eigenvalue weighted by Gasteiger charge is -2.05. The summed E-state index contributed by atoms with van der Waals surface area (Å²) >= 11 is 0. The molecule has 18 heavy (non-hydrogen) atoms. The lowest BCUT2D eigenvalue weighted by atomic mass is 10.2. The minimum atomic E-state index is 0.0500. The van der Waals surface area contributed by atoms with Gasteiger partial charge >= 0.3 is 0 Å². The van der Waals surface area contributed by atoms with Crippen LogP contribution in [0.25, 0.3) is 10.9 Å². The average molecular weight is 243 g/mol. The zero-order valence-electron chi connectivity index (χ0n) is 10.4. The molecular formula is C14H17N3O. The third-order valence-electron chi connectivity index (χ3n) is 2.77. The SMILES string of the molecule is CNC(=O)CCNCc1ccc2ccccc2n1. The first-order valence-corrected chi connectivity index (χ1v) is 6.05. The summed E-state index contributed by atoms with van der Waals surface area (Å²) < 4.78 is 0. The van der Waals surface area contributed by atoms with E-state index >= 15 is 0 Å². The van der Waals surface area contributed by atoms with Gasteiger partial charge in [-0.3, -0.25) is 9.78 Å². The smallest absolute Gasteiger partial charge is 0.221 e. The van der Waals surface area contributed by atoms with Crippen molar-refractivity contribution < 1.29 is 4.79 Å². The molecule has 0 aliphatic rings. The molecule has 2 N–H and O–H groups in total. The molecule has 2 rings (SSSR count). The summed E-state index contributed by atoms with van der Waals surface area (Å²) in [5.74, 6) is 0.0500. The van der Waals surface area contributed by atoms with Gasteiger partial charge in [0, 0.05) is 31.9 Å². The third kappa shape index (κ3) is 3.28.